The maximum absolute atomic E-state index is 13.2. The van der Waals surface area contributed by atoms with Gasteiger partial charge in [0.2, 0.25) is 5.91 Å². The third kappa shape index (κ3) is 7.89. The van der Waals surface area contributed by atoms with Crippen molar-refractivity contribution in [3.8, 4) is 11.3 Å². The second-order valence-corrected chi connectivity index (χ2v) is 13.0. The summed E-state index contributed by atoms with van der Waals surface area (Å²) in [5.74, 6) is 0.616. The van der Waals surface area contributed by atoms with E-state index < -0.39 is 0 Å². The van der Waals surface area contributed by atoms with Crippen LogP contribution in [0.1, 0.15) is 41.7 Å². The molecule has 1 atom stereocenters. The maximum atomic E-state index is 13.2. The maximum Gasteiger partial charge on any atom is 0.274 e. The molecule has 3 fully saturated rings. The van der Waals surface area contributed by atoms with E-state index >= 15 is 0 Å². The van der Waals surface area contributed by atoms with Crippen LogP contribution in [0.3, 0.4) is 0 Å². The van der Waals surface area contributed by atoms with Crippen molar-refractivity contribution in [1.29, 1.82) is 0 Å². The SMILES string of the molecule is CN(CC=CC(=O)NC1CCCN(Cc2ccnc(C(=O)Nc3ccc(-c4cc5c(N6CCOCC6)ncnc5[nH]4)cc3)c2)C1)C1CC1. The van der Waals surface area contributed by atoms with Crippen LogP contribution in [0.2, 0.25) is 0 Å². The van der Waals surface area contributed by atoms with Crippen molar-refractivity contribution in [2.75, 3.05) is 63.2 Å². The summed E-state index contributed by atoms with van der Waals surface area (Å²) in [6.45, 7) is 6.18. The number of carbonyl (C=O) groups excluding carboxylic acids is 2. The topological polar surface area (TPSA) is 132 Å². The van der Waals surface area contributed by atoms with Crippen LogP contribution >= 0.6 is 0 Å². The lowest BCUT2D eigenvalue weighted by molar-refractivity contribution is -0.117. The molecule has 1 unspecified atom stereocenters. The van der Waals surface area contributed by atoms with Gasteiger partial charge in [0.1, 0.15) is 23.5 Å². The minimum atomic E-state index is -0.261. The second kappa shape index (κ2) is 14.6. The number of pyridine rings is 1. The van der Waals surface area contributed by atoms with Gasteiger partial charge in [0.25, 0.3) is 5.91 Å². The number of rotatable bonds is 11. The molecule has 3 N–H and O–H groups in total. The largest absolute Gasteiger partial charge is 0.378 e. The molecule has 3 aromatic heterocycles. The van der Waals surface area contributed by atoms with E-state index in [0.717, 1.165) is 79.2 Å². The fourth-order valence-electron chi connectivity index (χ4n) is 6.55. The van der Waals surface area contributed by atoms with Crippen molar-refractivity contribution < 1.29 is 14.3 Å². The number of amides is 2. The van der Waals surface area contributed by atoms with Crippen molar-refractivity contribution >= 4 is 34.4 Å². The molecule has 12 heteroatoms. The highest BCUT2D eigenvalue weighted by Crippen LogP contribution is 2.30. The molecule has 0 bridgehead atoms. The zero-order valence-electron chi connectivity index (χ0n) is 27.4. The number of anilines is 2. The Morgan fingerprint density at radius 3 is 2.69 bits per heavy atom. The molecule has 2 saturated heterocycles. The molecule has 1 aromatic carbocycles. The quantitative estimate of drug-likeness (QED) is 0.208. The summed E-state index contributed by atoms with van der Waals surface area (Å²) in [7, 11) is 2.11. The Labute approximate surface area is 280 Å². The zero-order valence-corrected chi connectivity index (χ0v) is 27.4. The first-order chi connectivity index (χ1) is 23.5. The van der Waals surface area contributed by atoms with E-state index in [1.807, 2.05) is 42.5 Å². The normalized spacial score (nSPS) is 18.9. The van der Waals surface area contributed by atoms with Gasteiger partial charge in [-0.05, 0) is 80.7 Å². The summed E-state index contributed by atoms with van der Waals surface area (Å²) in [6, 6.07) is 14.4. The predicted octanol–water partition coefficient (Wildman–Crippen LogP) is 3.84. The summed E-state index contributed by atoms with van der Waals surface area (Å²) in [5, 5.41) is 7.13. The Morgan fingerprint density at radius 2 is 1.88 bits per heavy atom. The first-order valence-corrected chi connectivity index (χ1v) is 16.9. The minimum absolute atomic E-state index is 0.0319. The smallest absolute Gasteiger partial charge is 0.274 e. The Bertz CT molecular complexity index is 1760. The molecule has 2 amide bonds. The Morgan fingerprint density at radius 1 is 1.04 bits per heavy atom. The number of piperidine rings is 1. The molecular formula is C36H43N9O3. The highest BCUT2D eigenvalue weighted by Gasteiger charge is 2.25. The molecule has 1 aliphatic carbocycles. The summed E-state index contributed by atoms with van der Waals surface area (Å²) < 4.78 is 5.50. The average molecular weight is 650 g/mol. The molecule has 12 nitrogen and oxygen atoms in total. The number of benzene rings is 1. The molecule has 1 saturated carbocycles. The number of carbonyl (C=O) groups is 2. The van der Waals surface area contributed by atoms with Crippen molar-refractivity contribution in [2.24, 2.45) is 0 Å². The average Bonchev–Trinajstić information content (AvgIpc) is 3.87. The molecule has 48 heavy (non-hydrogen) atoms. The molecule has 5 heterocycles. The third-order valence-electron chi connectivity index (χ3n) is 9.32. The van der Waals surface area contributed by atoms with Gasteiger partial charge >= 0.3 is 0 Å². The number of fused-ring (bicyclic) bond motifs is 1. The van der Waals surface area contributed by atoms with E-state index in [4.69, 9.17) is 4.74 Å². The zero-order chi connectivity index (χ0) is 32.9. The summed E-state index contributed by atoms with van der Waals surface area (Å²) in [4.78, 5) is 49.3. The minimum Gasteiger partial charge on any atom is -0.378 e. The van der Waals surface area contributed by atoms with Crippen LogP contribution in [-0.2, 0) is 16.1 Å². The summed E-state index contributed by atoms with van der Waals surface area (Å²) in [5.41, 5.74) is 4.76. The monoisotopic (exact) mass is 649 g/mol. The Balaban J connectivity index is 0.930. The van der Waals surface area contributed by atoms with E-state index in [2.05, 4.69) is 58.4 Å². The molecule has 0 radical (unpaired) electrons. The number of H-pyrrole nitrogens is 1. The number of aromatic amines is 1. The molecule has 4 aromatic rings. The van der Waals surface area contributed by atoms with Crippen molar-refractivity contribution in [3.63, 3.8) is 0 Å². The number of ether oxygens (including phenoxy) is 1. The summed E-state index contributed by atoms with van der Waals surface area (Å²) >= 11 is 0. The van der Waals surface area contributed by atoms with Gasteiger partial charge in [0.05, 0.1) is 18.6 Å². The van der Waals surface area contributed by atoms with Gasteiger partial charge in [-0.3, -0.25) is 24.4 Å². The first kappa shape index (κ1) is 31.9. The lowest BCUT2D eigenvalue weighted by Gasteiger charge is -2.33. The van der Waals surface area contributed by atoms with Crippen molar-refractivity contribution in [3.05, 3.63) is 78.4 Å². The molecule has 7 rings (SSSR count). The predicted molar refractivity (Wildman–Crippen MR) is 186 cm³/mol. The van der Waals surface area contributed by atoms with E-state index in [9.17, 15) is 9.59 Å². The summed E-state index contributed by atoms with van der Waals surface area (Å²) in [6.07, 6.45) is 11.4. The number of hydrogen-bond donors (Lipinski definition) is 3. The number of hydrogen-bond acceptors (Lipinski definition) is 9. The van der Waals surface area contributed by atoms with Gasteiger partial charge in [0.15, 0.2) is 0 Å². The van der Waals surface area contributed by atoms with Crippen LogP contribution in [0, 0.1) is 0 Å². The van der Waals surface area contributed by atoms with Crippen LogP contribution in [0.4, 0.5) is 11.5 Å². The van der Waals surface area contributed by atoms with Gasteiger partial charge in [-0.1, -0.05) is 18.2 Å². The molecule has 250 valence electrons. The van der Waals surface area contributed by atoms with Gasteiger partial charge in [-0.25, -0.2) is 9.97 Å². The number of aromatic nitrogens is 4. The highest BCUT2D eigenvalue weighted by atomic mass is 16.5. The van der Waals surface area contributed by atoms with Crippen LogP contribution in [0.15, 0.2) is 67.1 Å². The molecule has 0 spiro atoms. The molecule has 2 aliphatic heterocycles. The Hall–Kier alpha value is -4.65. The number of likely N-dealkylation sites (tertiary alicyclic amines) is 1. The van der Waals surface area contributed by atoms with Crippen LogP contribution in [0.25, 0.3) is 22.3 Å². The first-order valence-electron chi connectivity index (χ1n) is 16.9. The van der Waals surface area contributed by atoms with E-state index in [1.165, 1.54) is 12.8 Å². The Kier molecular flexibility index (Phi) is 9.73. The number of nitrogens with zero attached hydrogens (tertiary/aromatic N) is 6. The molecule has 3 aliphatic rings. The van der Waals surface area contributed by atoms with Gasteiger partial charge in [-0.15, -0.1) is 0 Å². The van der Waals surface area contributed by atoms with Crippen LogP contribution in [-0.4, -0.2) is 107 Å². The highest BCUT2D eigenvalue weighted by molar-refractivity contribution is 6.03. The lowest BCUT2D eigenvalue weighted by Crippen LogP contribution is -2.47. The number of nitrogens with one attached hydrogen (secondary N) is 3. The van der Waals surface area contributed by atoms with Crippen molar-refractivity contribution in [2.45, 2.75) is 44.3 Å². The van der Waals surface area contributed by atoms with Gasteiger partial charge in [-0.2, -0.15) is 0 Å². The van der Waals surface area contributed by atoms with E-state index in [1.54, 1.807) is 18.6 Å². The molecular weight excluding hydrogens is 606 g/mol. The fourth-order valence-corrected chi connectivity index (χ4v) is 6.55. The van der Waals surface area contributed by atoms with Gasteiger partial charge < -0.3 is 25.3 Å². The van der Waals surface area contributed by atoms with Crippen LogP contribution < -0.4 is 15.5 Å². The van der Waals surface area contributed by atoms with Crippen molar-refractivity contribution in [1.82, 2.24) is 35.1 Å². The lowest BCUT2D eigenvalue weighted by atomic mass is 10.0. The number of morpholine rings is 1. The third-order valence-corrected chi connectivity index (χ3v) is 9.32. The fraction of sp³-hybridized carbons (Fsp3) is 0.417. The number of likely N-dealkylation sites (N-methyl/N-ethyl adjacent to an activating group) is 1. The van der Waals surface area contributed by atoms with E-state index in [-0.39, 0.29) is 17.9 Å². The van der Waals surface area contributed by atoms with Crippen LogP contribution in [0.5, 0.6) is 0 Å². The second-order valence-electron chi connectivity index (χ2n) is 13.0. The van der Waals surface area contributed by atoms with Gasteiger partial charge in [0, 0.05) is 68.5 Å². The standard InChI is InChI=1S/C36H43N9O3/c1-43(29-10-11-29)14-3-5-33(46)40-28-4-2-15-44(23-28)22-25-12-13-37-32(20-25)36(47)41-27-8-6-26(7-9-27)31-21-30-34(42-31)38-24-39-35(30)45-16-18-48-19-17-45/h3,5-9,12-13,20-21,24,28-29H,2,4,10-11,14-19,22-23H2,1H3,(H,40,46)(H,41,47)(H,38,39,42). The van der Waals surface area contributed by atoms with E-state index in [0.29, 0.717) is 37.2 Å².